The highest BCUT2D eigenvalue weighted by Gasteiger charge is 2.20. The summed E-state index contributed by atoms with van der Waals surface area (Å²) in [5.41, 5.74) is 3.09. The van der Waals surface area contributed by atoms with Crippen molar-refractivity contribution in [2.75, 3.05) is 0 Å². The van der Waals surface area contributed by atoms with Crippen LogP contribution in [-0.2, 0) is 6.61 Å². The van der Waals surface area contributed by atoms with E-state index < -0.39 is 11.6 Å². The first-order chi connectivity index (χ1) is 14.7. The van der Waals surface area contributed by atoms with Gasteiger partial charge in [0.2, 0.25) is 0 Å². The molecule has 0 atom stereocenters. The first-order valence-electron chi connectivity index (χ1n) is 9.62. The molecular weight excluding hydrogens is 402 g/mol. The van der Waals surface area contributed by atoms with E-state index in [1.54, 1.807) is 37.4 Å². The molecule has 0 saturated carbocycles. The van der Waals surface area contributed by atoms with Gasteiger partial charge in [0.15, 0.2) is 11.4 Å². The summed E-state index contributed by atoms with van der Waals surface area (Å²) in [7, 11) is 0. The number of hydrogen-bond acceptors (Lipinski definition) is 4. The average Bonchev–Trinajstić information content (AvgIpc) is 3.03. The number of nitrogens with zero attached hydrogens (tertiary/aromatic N) is 3. The minimum absolute atomic E-state index is 0.183. The Kier molecular flexibility index (Phi) is 6.35. The zero-order chi connectivity index (χ0) is 22.7. The molecule has 1 aromatic carbocycles. The van der Waals surface area contributed by atoms with Crippen molar-refractivity contribution in [2.24, 2.45) is 0 Å². The predicted molar refractivity (Wildman–Crippen MR) is 111 cm³/mol. The number of rotatable bonds is 6. The number of ether oxygens (including phenoxy) is 1. The first-order valence-corrected chi connectivity index (χ1v) is 9.62. The van der Waals surface area contributed by atoms with Crippen molar-refractivity contribution in [1.29, 1.82) is 5.26 Å². The van der Waals surface area contributed by atoms with Crippen molar-refractivity contribution in [1.82, 2.24) is 14.7 Å². The average molecular weight is 424 g/mol. The molecule has 31 heavy (non-hydrogen) atoms. The van der Waals surface area contributed by atoms with Gasteiger partial charge in [0.25, 0.3) is 5.91 Å². The number of imidazole rings is 1. The standard InChI is InChI=1S/C23H22F2N4O2/c1-13-10-20(31-12-17-18(24)6-5-7-19(17)25)22-27-16(4)21(29(22)11-13)23(30)28-15(3)14(2)8-9-26/h5-7,10-11H,8,12H2,1-4H3,(H,28,30). The number of aromatic nitrogens is 2. The van der Waals surface area contributed by atoms with Crippen molar-refractivity contribution in [3.8, 4) is 11.8 Å². The van der Waals surface area contributed by atoms with Gasteiger partial charge >= 0.3 is 0 Å². The summed E-state index contributed by atoms with van der Waals surface area (Å²) in [6.45, 7) is 6.69. The van der Waals surface area contributed by atoms with Crippen LogP contribution >= 0.6 is 0 Å². The highest BCUT2D eigenvalue weighted by atomic mass is 19.1. The van der Waals surface area contributed by atoms with Gasteiger partial charge in [0.1, 0.15) is 23.9 Å². The molecule has 0 spiro atoms. The van der Waals surface area contributed by atoms with E-state index in [-0.39, 0.29) is 24.5 Å². The van der Waals surface area contributed by atoms with E-state index in [0.29, 0.717) is 28.5 Å². The number of pyridine rings is 1. The fraction of sp³-hybridized carbons (Fsp3) is 0.261. The van der Waals surface area contributed by atoms with Crippen LogP contribution in [0.4, 0.5) is 8.78 Å². The number of amides is 1. The molecule has 0 aliphatic heterocycles. The first kappa shape index (κ1) is 22.0. The summed E-state index contributed by atoms with van der Waals surface area (Å²) in [6, 6.07) is 7.37. The van der Waals surface area contributed by atoms with E-state index in [9.17, 15) is 13.6 Å². The van der Waals surface area contributed by atoms with Gasteiger partial charge < -0.3 is 10.1 Å². The van der Waals surface area contributed by atoms with Crippen molar-refractivity contribution >= 4 is 11.6 Å². The van der Waals surface area contributed by atoms with Gasteiger partial charge in [-0.3, -0.25) is 9.20 Å². The molecule has 0 fully saturated rings. The van der Waals surface area contributed by atoms with Crippen LogP contribution in [0.1, 0.15) is 47.6 Å². The van der Waals surface area contributed by atoms with Crippen LogP contribution in [0.25, 0.3) is 5.65 Å². The number of aryl methyl sites for hydroxylation is 2. The SMILES string of the molecule is CC(CC#N)=C(C)NC(=O)c1c(C)nc2c(OCc3c(F)cccc3F)cc(C)cn12. The minimum Gasteiger partial charge on any atom is -0.485 e. The molecule has 1 amide bonds. The topological polar surface area (TPSA) is 79.4 Å². The van der Waals surface area contributed by atoms with E-state index in [2.05, 4.69) is 16.4 Å². The molecule has 3 aromatic rings. The van der Waals surface area contributed by atoms with Gasteiger partial charge in [0.05, 0.1) is 23.7 Å². The number of fused-ring (bicyclic) bond motifs is 1. The second kappa shape index (κ2) is 8.96. The predicted octanol–water partition coefficient (Wildman–Crippen LogP) is 4.75. The third kappa shape index (κ3) is 4.56. The second-order valence-corrected chi connectivity index (χ2v) is 7.30. The molecule has 0 aliphatic carbocycles. The number of carbonyl (C=O) groups is 1. The Labute approximate surface area is 178 Å². The van der Waals surface area contributed by atoms with Gasteiger partial charge in [0, 0.05) is 11.9 Å². The number of hydrogen-bond donors (Lipinski definition) is 1. The van der Waals surface area contributed by atoms with Gasteiger partial charge in [-0.05, 0) is 57.0 Å². The number of nitriles is 1. The monoisotopic (exact) mass is 424 g/mol. The van der Waals surface area contributed by atoms with Crippen LogP contribution in [-0.4, -0.2) is 15.3 Å². The summed E-state index contributed by atoms with van der Waals surface area (Å²) in [6.07, 6.45) is 1.95. The van der Waals surface area contributed by atoms with Crippen LogP contribution in [0.5, 0.6) is 5.75 Å². The lowest BCUT2D eigenvalue weighted by atomic mass is 10.2. The number of benzene rings is 1. The largest absolute Gasteiger partial charge is 0.485 e. The van der Waals surface area contributed by atoms with Gasteiger partial charge in [-0.25, -0.2) is 13.8 Å². The Hall–Kier alpha value is -3.73. The highest BCUT2D eigenvalue weighted by Crippen LogP contribution is 2.26. The molecule has 0 unspecified atom stereocenters. The van der Waals surface area contributed by atoms with Crippen LogP contribution < -0.4 is 10.1 Å². The van der Waals surface area contributed by atoms with Crippen LogP contribution in [0.2, 0.25) is 0 Å². The molecule has 8 heteroatoms. The number of carbonyl (C=O) groups excluding carboxylic acids is 1. The van der Waals surface area contributed by atoms with Gasteiger partial charge in [-0.2, -0.15) is 5.26 Å². The summed E-state index contributed by atoms with van der Waals surface area (Å²) >= 11 is 0. The van der Waals surface area contributed by atoms with Crippen LogP contribution in [0.15, 0.2) is 41.7 Å². The van der Waals surface area contributed by atoms with Crippen molar-refractivity contribution in [2.45, 2.75) is 40.7 Å². The lowest BCUT2D eigenvalue weighted by molar-refractivity contribution is 0.0959. The molecule has 2 aromatic heterocycles. The summed E-state index contributed by atoms with van der Waals surface area (Å²) < 4.78 is 35.2. The van der Waals surface area contributed by atoms with E-state index >= 15 is 0 Å². The Morgan fingerprint density at radius 1 is 1.26 bits per heavy atom. The molecular formula is C23H22F2N4O2. The Balaban J connectivity index is 1.97. The lowest BCUT2D eigenvalue weighted by Crippen LogP contribution is -2.24. The maximum atomic E-state index is 13.9. The van der Waals surface area contributed by atoms with Gasteiger partial charge in [-0.1, -0.05) is 6.07 Å². The third-order valence-electron chi connectivity index (χ3n) is 4.93. The molecule has 0 bridgehead atoms. The van der Waals surface area contributed by atoms with E-state index in [0.717, 1.165) is 11.1 Å². The summed E-state index contributed by atoms with van der Waals surface area (Å²) in [5, 5.41) is 11.6. The Bertz CT molecular complexity index is 1220. The number of nitrogens with one attached hydrogen (secondary N) is 1. The number of halogens is 2. The maximum Gasteiger partial charge on any atom is 0.274 e. The van der Waals surface area contributed by atoms with E-state index in [4.69, 9.17) is 10.00 Å². The normalized spacial score (nSPS) is 11.8. The fourth-order valence-electron chi connectivity index (χ4n) is 3.15. The maximum absolute atomic E-state index is 13.9. The van der Waals surface area contributed by atoms with Crippen LogP contribution in [0.3, 0.4) is 0 Å². The highest BCUT2D eigenvalue weighted by molar-refractivity contribution is 5.96. The van der Waals surface area contributed by atoms with E-state index in [1.165, 1.54) is 18.2 Å². The Morgan fingerprint density at radius 2 is 1.94 bits per heavy atom. The van der Waals surface area contributed by atoms with Crippen molar-refractivity contribution in [3.05, 3.63) is 75.9 Å². The van der Waals surface area contributed by atoms with Crippen molar-refractivity contribution < 1.29 is 18.3 Å². The molecule has 0 saturated heterocycles. The summed E-state index contributed by atoms with van der Waals surface area (Å²) in [5.74, 6) is -1.47. The summed E-state index contributed by atoms with van der Waals surface area (Å²) in [4.78, 5) is 17.4. The quantitative estimate of drug-likeness (QED) is 0.620. The molecule has 0 radical (unpaired) electrons. The Morgan fingerprint density at radius 3 is 2.58 bits per heavy atom. The number of allylic oxidation sites excluding steroid dienone is 2. The minimum atomic E-state index is -0.696. The zero-order valence-corrected chi connectivity index (χ0v) is 17.7. The third-order valence-corrected chi connectivity index (χ3v) is 4.93. The lowest BCUT2D eigenvalue weighted by Gasteiger charge is -2.12. The molecule has 160 valence electrons. The van der Waals surface area contributed by atoms with E-state index in [1.807, 2.05) is 6.92 Å². The molecule has 6 nitrogen and oxygen atoms in total. The van der Waals surface area contributed by atoms with Crippen LogP contribution in [0, 0.1) is 36.8 Å². The van der Waals surface area contributed by atoms with Gasteiger partial charge in [-0.15, -0.1) is 0 Å². The molecule has 1 N–H and O–H groups in total. The smallest absolute Gasteiger partial charge is 0.274 e. The molecule has 3 rings (SSSR count). The fourth-order valence-corrected chi connectivity index (χ4v) is 3.15. The second-order valence-electron chi connectivity index (χ2n) is 7.30. The van der Waals surface area contributed by atoms with Crippen molar-refractivity contribution in [3.63, 3.8) is 0 Å². The molecule has 2 heterocycles. The zero-order valence-electron chi connectivity index (χ0n) is 17.7. The molecule has 0 aliphatic rings.